The van der Waals surface area contributed by atoms with Crippen LogP contribution in [0.5, 0.6) is 0 Å². The van der Waals surface area contributed by atoms with E-state index in [9.17, 15) is 9.59 Å². The molecule has 1 aromatic rings. The van der Waals surface area contributed by atoms with Gasteiger partial charge >= 0.3 is 0 Å². The number of anilines is 1. The van der Waals surface area contributed by atoms with Crippen molar-refractivity contribution in [3.63, 3.8) is 0 Å². The number of imide groups is 1. The number of nitrogens with zero attached hydrogens (tertiary/aromatic N) is 1. The Morgan fingerprint density at radius 2 is 1.71 bits per heavy atom. The summed E-state index contributed by atoms with van der Waals surface area (Å²) in [5.74, 6) is -0.288. The number of carbonyl (C=O) groups excluding carboxylic acids is 2. The molecule has 1 aliphatic heterocycles. The first-order chi connectivity index (χ1) is 10.1. The minimum atomic E-state index is -0.378. The fourth-order valence-corrected chi connectivity index (χ4v) is 3.30. The number of amides is 2. The van der Waals surface area contributed by atoms with Gasteiger partial charge in [0.2, 0.25) is 5.91 Å². The van der Waals surface area contributed by atoms with Crippen LogP contribution in [0.3, 0.4) is 0 Å². The van der Waals surface area contributed by atoms with Gasteiger partial charge in [0.05, 0.1) is 18.2 Å². The van der Waals surface area contributed by atoms with Gasteiger partial charge in [0.1, 0.15) is 0 Å². The van der Waals surface area contributed by atoms with Crippen molar-refractivity contribution in [1.29, 1.82) is 0 Å². The quantitative estimate of drug-likeness (QED) is 0.874. The Hall–Kier alpha value is -1.39. The van der Waals surface area contributed by atoms with E-state index in [2.05, 4.69) is 5.32 Å². The molecule has 1 heterocycles. The van der Waals surface area contributed by atoms with Gasteiger partial charge in [-0.2, -0.15) is 0 Å². The zero-order valence-electron chi connectivity index (χ0n) is 11.8. The Morgan fingerprint density at radius 1 is 1.05 bits per heavy atom. The van der Waals surface area contributed by atoms with E-state index in [0.717, 1.165) is 12.8 Å². The van der Waals surface area contributed by atoms with Crippen LogP contribution < -0.4 is 10.2 Å². The van der Waals surface area contributed by atoms with Crippen LogP contribution in [0.1, 0.15) is 38.5 Å². The van der Waals surface area contributed by atoms with Crippen molar-refractivity contribution in [2.45, 2.75) is 50.6 Å². The van der Waals surface area contributed by atoms with Gasteiger partial charge in [-0.05, 0) is 37.1 Å². The van der Waals surface area contributed by atoms with Crippen molar-refractivity contribution in [3.05, 3.63) is 29.3 Å². The van der Waals surface area contributed by atoms with Gasteiger partial charge in [0, 0.05) is 11.1 Å². The molecule has 0 aromatic heterocycles. The third-order valence-corrected chi connectivity index (χ3v) is 4.53. The first-order valence-electron chi connectivity index (χ1n) is 7.53. The molecular formula is C16H19ClN2O2. The Balaban J connectivity index is 1.71. The van der Waals surface area contributed by atoms with Gasteiger partial charge in [0.15, 0.2) is 0 Å². The van der Waals surface area contributed by atoms with E-state index in [4.69, 9.17) is 11.6 Å². The molecule has 0 unspecified atom stereocenters. The number of hydrogen-bond donors (Lipinski definition) is 1. The fourth-order valence-electron chi connectivity index (χ4n) is 3.18. The van der Waals surface area contributed by atoms with Gasteiger partial charge in [0.25, 0.3) is 5.91 Å². The van der Waals surface area contributed by atoms with E-state index in [0.29, 0.717) is 16.8 Å². The third kappa shape index (κ3) is 3.11. The molecule has 112 valence electrons. The summed E-state index contributed by atoms with van der Waals surface area (Å²) in [4.78, 5) is 25.9. The highest BCUT2D eigenvalue weighted by molar-refractivity contribution is 6.30. The maximum absolute atomic E-state index is 12.5. The van der Waals surface area contributed by atoms with Crippen LogP contribution in [0.25, 0.3) is 0 Å². The molecule has 2 amide bonds. The van der Waals surface area contributed by atoms with Crippen LogP contribution >= 0.6 is 11.6 Å². The lowest BCUT2D eigenvalue weighted by Crippen LogP contribution is -2.44. The lowest BCUT2D eigenvalue weighted by Gasteiger charge is -2.25. The Morgan fingerprint density at radius 3 is 2.38 bits per heavy atom. The predicted octanol–water partition coefficient (Wildman–Crippen LogP) is 2.89. The maximum atomic E-state index is 12.5. The predicted molar refractivity (Wildman–Crippen MR) is 82.4 cm³/mol. The summed E-state index contributed by atoms with van der Waals surface area (Å²) >= 11 is 5.85. The molecule has 21 heavy (non-hydrogen) atoms. The van der Waals surface area contributed by atoms with Gasteiger partial charge < -0.3 is 5.32 Å². The molecule has 2 aliphatic rings. The number of hydrogen-bond acceptors (Lipinski definition) is 3. The Labute approximate surface area is 129 Å². The second kappa shape index (κ2) is 6.16. The first kappa shape index (κ1) is 14.5. The van der Waals surface area contributed by atoms with Gasteiger partial charge in [-0.25, -0.2) is 4.90 Å². The zero-order valence-corrected chi connectivity index (χ0v) is 12.6. The second-order valence-corrected chi connectivity index (χ2v) is 6.24. The summed E-state index contributed by atoms with van der Waals surface area (Å²) in [6.45, 7) is 0. The highest BCUT2D eigenvalue weighted by Crippen LogP contribution is 2.26. The van der Waals surface area contributed by atoms with Crippen LogP contribution in [0.2, 0.25) is 5.02 Å². The van der Waals surface area contributed by atoms with Crippen LogP contribution in [-0.2, 0) is 9.59 Å². The maximum Gasteiger partial charge on any atom is 0.251 e. The summed E-state index contributed by atoms with van der Waals surface area (Å²) in [5, 5.41) is 3.96. The Kier molecular flexibility index (Phi) is 4.27. The van der Waals surface area contributed by atoms with Crippen molar-refractivity contribution in [2.75, 3.05) is 4.90 Å². The number of carbonyl (C=O) groups is 2. The minimum Gasteiger partial charge on any atom is -0.303 e. The van der Waals surface area contributed by atoms with Crippen LogP contribution in [0.4, 0.5) is 5.69 Å². The molecule has 3 rings (SSSR count). The SMILES string of the molecule is O=C1C[C@H](NC2CCCCC2)C(=O)N1c1ccc(Cl)cc1. The molecule has 4 nitrogen and oxygen atoms in total. The molecule has 5 heteroatoms. The molecule has 2 fully saturated rings. The topological polar surface area (TPSA) is 49.4 Å². The molecule has 0 bridgehead atoms. The van der Waals surface area contributed by atoms with Crippen molar-refractivity contribution in [2.24, 2.45) is 0 Å². The highest BCUT2D eigenvalue weighted by atomic mass is 35.5. The minimum absolute atomic E-state index is 0.143. The van der Waals surface area contributed by atoms with E-state index >= 15 is 0 Å². The summed E-state index contributed by atoms with van der Waals surface area (Å²) in [5.41, 5.74) is 0.599. The molecule has 1 saturated carbocycles. The smallest absolute Gasteiger partial charge is 0.251 e. The second-order valence-electron chi connectivity index (χ2n) is 5.80. The molecular weight excluding hydrogens is 288 g/mol. The monoisotopic (exact) mass is 306 g/mol. The molecule has 1 aromatic carbocycles. The molecule has 1 saturated heterocycles. The van der Waals surface area contributed by atoms with E-state index in [-0.39, 0.29) is 24.3 Å². The number of rotatable bonds is 3. The van der Waals surface area contributed by atoms with Crippen molar-refractivity contribution < 1.29 is 9.59 Å². The third-order valence-electron chi connectivity index (χ3n) is 4.27. The van der Waals surface area contributed by atoms with Crippen molar-refractivity contribution >= 4 is 29.1 Å². The average molecular weight is 307 g/mol. The number of halogens is 1. The van der Waals surface area contributed by atoms with E-state index in [1.807, 2.05) is 0 Å². The van der Waals surface area contributed by atoms with E-state index in [1.54, 1.807) is 24.3 Å². The van der Waals surface area contributed by atoms with Crippen LogP contribution in [0, 0.1) is 0 Å². The molecule has 0 spiro atoms. The average Bonchev–Trinajstić information content (AvgIpc) is 2.76. The van der Waals surface area contributed by atoms with Crippen LogP contribution in [0.15, 0.2) is 24.3 Å². The van der Waals surface area contributed by atoms with Gasteiger partial charge in [-0.1, -0.05) is 30.9 Å². The molecule has 1 atom stereocenters. The summed E-state index contributed by atoms with van der Waals surface area (Å²) in [6, 6.07) is 6.79. The normalized spacial score (nSPS) is 23.9. The molecule has 0 radical (unpaired) electrons. The van der Waals surface area contributed by atoms with Crippen molar-refractivity contribution in [1.82, 2.24) is 5.32 Å². The van der Waals surface area contributed by atoms with E-state index in [1.165, 1.54) is 24.2 Å². The van der Waals surface area contributed by atoms with Crippen molar-refractivity contribution in [3.8, 4) is 0 Å². The standard InChI is InChI=1S/C16H19ClN2O2/c17-11-6-8-13(9-7-11)19-15(20)10-14(16(19)21)18-12-4-2-1-3-5-12/h6-9,12,14,18H,1-5,10H2/t14-/m0/s1. The lowest BCUT2D eigenvalue weighted by atomic mass is 9.95. The summed E-state index contributed by atoms with van der Waals surface area (Å²) < 4.78 is 0. The summed E-state index contributed by atoms with van der Waals surface area (Å²) in [7, 11) is 0. The van der Waals surface area contributed by atoms with Crippen LogP contribution in [-0.4, -0.2) is 23.9 Å². The van der Waals surface area contributed by atoms with E-state index < -0.39 is 0 Å². The molecule has 1 aliphatic carbocycles. The highest BCUT2D eigenvalue weighted by Gasteiger charge is 2.40. The largest absolute Gasteiger partial charge is 0.303 e. The zero-order chi connectivity index (χ0) is 14.8. The fraction of sp³-hybridized carbons (Fsp3) is 0.500. The Bertz CT molecular complexity index is 538. The number of benzene rings is 1. The first-order valence-corrected chi connectivity index (χ1v) is 7.91. The number of nitrogens with one attached hydrogen (secondary N) is 1. The lowest BCUT2D eigenvalue weighted by molar-refractivity contribution is -0.121. The molecule has 1 N–H and O–H groups in total. The van der Waals surface area contributed by atoms with Gasteiger partial charge in [-0.15, -0.1) is 0 Å². The van der Waals surface area contributed by atoms with Gasteiger partial charge in [-0.3, -0.25) is 9.59 Å². The summed E-state index contributed by atoms with van der Waals surface area (Å²) in [6.07, 6.45) is 6.11.